The van der Waals surface area contributed by atoms with E-state index in [1.165, 1.54) is 49.4 Å². The standard InChI is InChI=1S/C31H39FN8/c1-31(2)21-15-20-5-8-27(35-28(20)23(31)16-21)40-29(33)36-30(37-40)34-22-6-7-25(24(32)17-22)38-9-11-39(12-10-38)26-14-18-3-4-19(26)13-18/h5-8,17-19,21,23,26H,3-4,9-16H2,1-2H3,(H3,33,34,36,37)/t18?,19?,21-,23-,26?/m0/s1. The second-order valence-corrected chi connectivity index (χ2v) is 13.5. The predicted octanol–water partition coefficient (Wildman–Crippen LogP) is 5.12. The lowest BCUT2D eigenvalue weighted by Gasteiger charge is -2.56. The first kappa shape index (κ1) is 24.6. The van der Waals surface area contributed by atoms with Gasteiger partial charge in [-0.25, -0.2) is 9.37 Å². The molecule has 3 aromatic rings. The minimum atomic E-state index is -0.233. The molecule has 4 fully saturated rings. The highest BCUT2D eigenvalue weighted by atomic mass is 19.1. The molecule has 8 nitrogen and oxygen atoms in total. The normalized spacial score (nSPS) is 30.3. The molecule has 1 saturated heterocycles. The molecule has 6 aliphatic rings. The van der Waals surface area contributed by atoms with Gasteiger partial charge in [0.05, 0.1) is 5.69 Å². The van der Waals surface area contributed by atoms with E-state index in [4.69, 9.17) is 10.7 Å². The van der Waals surface area contributed by atoms with Gasteiger partial charge in [0.25, 0.3) is 0 Å². The number of nitrogens with one attached hydrogen (secondary N) is 1. The summed E-state index contributed by atoms with van der Waals surface area (Å²) < 4.78 is 16.9. The van der Waals surface area contributed by atoms with Crippen LogP contribution in [0.5, 0.6) is 0 Å². The summed E-state index contributed by atoms with van der Waals surface area (Å²) >= 11 is 0. The summed E-state index contributed by atoms with van der Waals surface area (Å²) in [7, 11) is 0. The van der Waals surface area contributed by atoms with Crippen LogP contribution in [-0.4, -0.2) is 56.9 Å². The zero-order valence-electron chi connectivity index (χ0n) is 23.5. The first-order valence-corrected chi connectivity index (χ1v) is 15.1. The van der Waals surface area contributed by atoms with E-state index < -0.39 is 0 Å². The predicted molar refractivity (Wildman–Crippen MR) is 155 cm³/mol. The van der Waals surface area contributed by atoms with Gasteiger partial charge in [0.1, 0.15) is 5.82 Å². The fraction of sp³-hybridized carbons (Fsp3) is 0.581. The molecule has 0 radical (unpaired) electrons. The minimum Gasteiger partial charge on any atom is -0.368 e. The Balaban J connectivity index is 0.948. The second kappa shape index (κ2) is 8.90. The van der Waals surface area contributed by atoms with Gasteiger partial charge in [-0.3, -0.25) is 4.90 Å². The van der Waals surface area contributed by atoms with Crippen molar-refractivity contribution in [2.24, 2.45) is 23.2 Å². The van der Waals surface area contributed by atoms with Crippen molar-refractivity contribution < 1.29 is 4.39 Å². The van der Waals surface area contributed by atoms with Crippen molar-refractivity contribution in [1.82, 2.24) is 24.6 Å². The molecule has 3 N–H and O–H groups in total. The van der Waals surface area contributed by atoms with Gasteiger partial charge in [-0.1, -0.05) is 26.3 Å². The number of hydrogen-bond donors (Lipinski definition) is 2. The summed E-state index contributed by atoms with van der Waals surface area (Å²) in [6.45, 7) is 8.46. The Morgan fingerprint density at radius 3 is 2.58 bits per heavy atom. The van der Waals surface area contributed by atoms with E-state index in [0.29, 0.717) is 34.5 Å². The average molecular weight is 543 g/mol. The Labute approximate surface area is 235 Å². The van der Waals surface area contributed by atoms with Gasteiger partial charge in [-0.15, -0.1) is 5.10 Å². The second-order valence-electron chi connectivity index (χ2n) is 13.5. The number of rotatable bonds is 5. The third-order valence-electron chi connectivity index (χ3n) is 11.1. The van der Waals surface area contributed by atoms with Crippen LogP contribution in [0.25, 0.3) is 5.82 Å². The quantitative estimate of drug-likeness (QED) is 0.463. The number of benzene rings is 1. The molecule has 1 aliphatic heterocycles. The third-order valence-corrected chi connectivity index (χ3v) is 11.1. The summed E-state index contributed by atoms with van der Waals surface area (Å²) in [4.78, 5) is 14.2. The summed E-state index contributed by atoms with van der Waals surface area (Å²) in [5, 5.41) is 7.71. The highest BCUT2D eigenvalue weighted by molar-refractivity contribution is 5.61. The first-order valence-electron chi connectivity index (χ1n) is 15.1. The van der Waals surface area contributed by atoms with Crippen molar-refractivity contribution in [2.45, 2.75) is 64.3 Å². The Morgan fingerprint density at radius 2 is 1.85 bits per heavy atom. The van der Waals surface area contributed by atoms with E-state index in [0.717, 1.165) is 56.4 Å². The van der Waals surface area contributed by atoms with E-state index in [9.17, 15) is 0 Å². The van der Waals surface area contributed by atoms with Gasteiger partial charge < -0.3 is 16.0 Å². The maximum Gasteiger partial charge on any atom is 0.248 e. The van der Waals surface area contributed by atoms with Crippen molar-refractivity contribution in [3.8, 4) is 5.82 Å². The highest BCUT2D eigenvalue weighted by Crippen LogP contribution is 2.61. The molecule has 0 spiro atoms. The molecule has 2 aromatic heterocycles. The molecular formula is C31H39FN8. The molecular weight excluding hydrogens is 503 g/mol. The van der Waals surface area contributed by atoms with E-state index in [-0.39, 0.29) is 11.8 Å². The maximum absolute atomic E-state index is 15.3. The summed E-state index contributed by atoms with van der Waals surface area (Å²) in [5.74, 6) is 4.08. The molecule has 5 aliphatic carbocycles. The zero-order chi connectivity index (χ0) is 27.2. The van der Waals surface area contributed by atoms with Crippen molar-refractivity contribution in [3.05, 3.63) is 47.4 Å². The Kier molecular flexibility index (Phi) is 5.47. The zero-order valence-corrected chi connectivity index (χ0v) is 23.5. The number of halogens is 1. The number of pyridine rings is 1. The number of nitrogens with two attached hydrogens (primary N) is 1. The summed E-state index contributed by atoms with van der Waals surface area (Å²) in [6.07, 6.45) is 7.92. The molecule has 9 rings (SSSR count). The lowest BCUT2D eigenvalue weighted by molar-refractivity contribution is 0.0155. The Hall–Kier alpha value is -3.20. The molecule has 3 unspecified atom stereocenters. The van der Waals surface area contributed by atoms with Crippen LogP contribution in [-0.2, 0) is 6.42 Å². The van der Waals surface area contributed by atoms with Crippen LogP contribution in [0.4, 0.5) is 27.7 Å². The third kappa shape index (κ3) is 3.84. The smallest absolute Gasteiger partial charge is 0.248 e. The lowest BCUT2D eigenvalue weighted by atomic mass is 9.48. The molecule has 4 bridgehead atoms. The monoisotopic (exact) mass is 542 g/mol. The fourth-order valence-electron chi connectivity index (χ4n) is 8.65. The van der Waals surface area contributed by atoms with Crippen LogP contribution in [0.3, 0.4) is 0 Å². The number of anilines is 4. The molecule has 40 heavy (non-hydrogen) atoms. The van der Waals surface area contributed by atoms with Gasteiger partial charge in [-0.2, -0.15) is 9.67 Å². The molecule has 1 aromatic carbocycles. The van der Waals surface area contributed by atoms with Crippen LogP contribution in [0.1, 0.15) is 63.1 Å². The topological polar surface area (TPSA) is 88.1 Å². The van der Waals surface area contributed by atoms with E-state index in [1.807, 2.05) is 18.2 Å². The van der Waals surface area contributed by atoms with Crippen molar-refractivity contribution in [2.75, 3.05) is 42.1 Å². The van der Waals surface area contributed by atoms with Gasteiger partial charge in [0.15, 0.2) is 5.82 Å². The number of piperazine rings is 1. The number of nitrogens with zero attached hydrogens (tertiary/aromatic N) is 6. The van der Waals surface area contributed by atoms with Gasteiger partial charge >= 0.3 is 0 Å². The molecule has 0 amide bonds. The number of hydrogen-bond acceptors (Lipinski definition) is 7. The van der Waals surface area contributed by atoms with Gasteiger partial charge in [-0.05, 0) is 85.1 Å². The molecule has 3 heterocycles. The lowest BCUT2D eigenvalue weighted by Crippen LogP contribution is -2.52. The summed E-state index contributed by atoms with van der Waals surface area (Å²) in [5.41, 5.74) is 10.3. The van der Waals surface area contributed by atoms with Gasteiger partial charge in [0, 0.05) is 49.5 Å². The maximum atomic E-state index is 15.3. The highest BCUT2D eigenvalue weighted by Gasteiger charge is 2.53. The largest absolute Gasteiger partial charge is 0.368 e. The SMILES string of the molecule is CC1(C)[C@H]2Cc3ccc(-n4nc(Nc5ccc(N6CCN(C7CC8CCC7C8)CC6)c(F)c5)nc4N)nc3[C@@H]1C2. The van der Waals surface area contributed by atoms with Crippen molar-refractivity contribution in [1.29, 1.82) is 0 Å². The van der Waals surface area contributed by atoms with E-state index in [1.54, 1.807) is 4.68 Å². The van der Waals surface area contributed by atoms with E-state index in [2.05, 4.69) is 45.1 Å². The molecule has 9 heteroatoms. The molecule has 210 valence electrons. The first-order chi connectivity index (χ1) is 19.3. The van der Waals surface area contributed by atoms with Crippen LogP contribution < -0.4 is 16.0 Å². The van der Waals surface area contributed by atoms with Crippen LogP contribution in [0.2, 0.25) is 0 Å². The average Bonchev–Trinajstić information content (AvgIpc) is 3.69. The number of fused-ring (bicyclic) bond motifs is 2. The molecule has 5 atom stereocenters. The van der Waals surface area contributed by atoms with E-state index >= 15 is 4.39 Å². The van der Waals surface area contributed by atoms with Crippen molar-refractivity contribution >= 4 is 23.3 Å². The Morgan fingerprint density at radius 1 is 1.00 bits per heavy atom. The Bertz CT molecular complexity index is 1460. The molecule has 3 saturated carbocycles. The van der Waals surface area contributed by atoms with Crippen LogP contribution in [0.15, 0.2) is 30.3 Å². The van der Waals surface area contributed by atoms with Gasteiger partial charge in [0.2, 0.25) is 11.9 Å². The minimum absolute atomic E-state index is 0.233. The summed E-state index contributed by atoms with van der Waals surface area (Å²) in [6, 6.07) is 10.2. The van der Waals surface area contributed by atoms with Crippen molar-refractivity contribution in [3.63, 3.8) is 0 Å². The van der Waals surface area contributed by atoms with Crippen LogP contribution in [0, 0.1) is 29.0 Å². The fourth-order valence-corrected chi connectivity index (χ4v) is 8.65. The number of aromatic nitrogens is 4. The number of nitrogen functional groups attached to an aromatic ring is 1. The van der Waals surface area contributed by atoms with Crippen LogP contribution >= 0.6 is 0 Å².